The molecule has 1 atom stereocenters. The summed E-state index contributed by atoms with van der Waals surface area (Å²) in [6.45, 7) is 6.06. The Morgan fingerprint density at radius 2 is 1.80 bits per heavy atom. The molecule has 0 spiro atoms. The molecule has 20 heavy (non-hydrogen) atoms. The molecule has 110 valence electrons. The van der Waals surface area contributed by atoms with Gasteiger partial charge in [-0.15, -0.1) is 0 Å². The monoisotopic (exact) mass is 339 g/mol. The Hall–Kier alpha value is -1.16. The Bertz CT molecular complexity index is 454. The summed E-state index contributed by atoms with van der Waals surface area (Å²) in [4.78, 5) is 23.6. The molecular weight excluding hydrogens is 318 g/mol. The van der Waals surface area contributed by atoms with Gasteiger partial charge in [0.1, 0.15) is 0 Å². The standard InChI is InChI=1S/C16H22BrNO2/c1-4-5-14(17)16(20)12-6-8-13(9-7-12)18-15(19)10-11(2)3/h6-9,11,14H,4-5,10H2,1-3H3,(H,18,19). The predicted molar refractivity (Wildman–Crippen MR) is 86.5 cm³/mol. The van der Waals surface area contributed by atoms with Crippen molar-refractivity contribution in [3.8, 4) is 0 Å². The lowest BCUT2D eigenvalue weighted by molar-refractivity contribution is -0.116. The number of benzene rings is 1. The van der Waals surface area contributed by atoms with Crippen LogP contribution in [0.3, 0.4) is 0 Å². The zero-order valence-electron chi connectivity index (χ0n) is 12.3. The molecule has 0 saturated carbocycles. The maximum Gasteiger partial charge on any atom is 0.224 e. The summed E-state index contributed by atoms with van der Waals surface area (Å²) in [6, 6.07) is 7.07. The molecule has 1 aromatic carbocycles. The fraction of sp³-hybridized carbons (Fsp3) is 0.500. The fourth-order valence-electron chi connectivity index (χ4n) is 1.87. The Morgan fingerprint density at radius 1 is 1.20 bits per heavy atom. The molecule has 0 aromatic heterocycles. The lowest BCUT2D eigenvalue weighted by atomic mass is 10.1. The average Bonchev–Trinajstić information content (AvgIpc) is 2.38. The first-order valence-corrected chi connectivity index (χ1v) is 7.93. The Morgan fingerprint density at radius 3 is 2.30 bits per heavy atom. The van der Waals surface area contributed by atoms with Crippen molar-refractivity contribution in [2.75, 3.05) is 5.32 Å². The molecule has 0 radical (unpaired) electrons. The second-order valence-electron chi connectivity index (χ2n) is 5.34. The Balaban J connectivity index is 2.64. The molecule has 0 aliphatic heterocycles. The molecule has 0 saturated heterocycles. The van der Waals surface area contributed by atoms with Gasteiger partial charge in [-0.3, -0.25) is 9.59 Å². The van der Waals surface area contributed by atoms with Crippen molar-refractivity contribution in [1.82, 2.24) is 0 Å². The maximum absolute atomic E-state index is 12.1. The molecular formula is C16H22BrNO2. The van der Waals surface area contributed by atoms with Gasteiger partial charge in [-0.1, -0.05) is 43.1 Å². The summed E-state index contributed by atoms with van der Waals surface area (Å²) in [6.07, 6.45) is 2.29. The van der Waals surface area contributed by atoms with Crippen molar-refractivity contribution >= 4 is 33.3 Å². The molecule has 1 unspecified atom stereocenters. The van der Waals surface area contributed by atoms with Crippen molar-refractivity contribution in [1.29, 1.82) is 0 Å². The molecule has 4 heteroatoms. The van der Waals surface area contributed by atoms with Gasteiger partial charge in [0, 0.05) is 17.7 Å². The SMILES string of the molecule is CCCC(Br)C(=O)c1ccc(NC(=O)CC(C)C)cc1. The molecule has 1 aromatic rings. The number of hydrogen-bond donors (Lipinski definition) is 1. The number of rotatable bonds is 7. The summed E-state index contributed by atoms with van der Waals surface area (Å²) in [7, 11) is 0. The third-order valence-corrected chi connectivity index (χ3v) is 3.75. The van der Waals surface area contributed by atoms with Crippen LogP contribution in [0, 0.1) is 5.92 Å². The fourth-order valence-corrected chi connectivity index (χ4v) is 2.59. The number of ketones is 1. The largest absolute Gasteiger partial charge is 0.326 e. The van der Waals surface area contributed by atoms with Crippen LogP contribution in [-0.4, -0.2) is 16.5 Å². The number of anilines is 1. The summed E-state index contributed by atoms with van der Waals surface area (Å²) >= 11 is 3.41. The first-order chi connectivity index (χ1) is 9.43. The van der Waals surface area contributed by atoms with Gasteiger partial charge >= 0.3 is 0 Å². The molecule has 1 rings (SSSR count). The zero-order valence-corrected chi connectivity index (χ0v) is 13.9. The van der Waals surface area contributed by atoms with E-state index in [1.807, 2.05) is 13.8 Å². The van der Waals surface area contributed by atoms with Gasteiger partial charge in [0.25, 0.3) is 0 Å². The average molecular weight is 340 g/mol. The van der Waals surface area contributed by atoms with Crippen LogP contribution < -0.4 is 5.32 Å². The van der Waals surface area contributed by atoms with E-state index in [2.05, 4.69) is 28.2 Å². The minimum atomic E-state index is -0.131. The van der Waals surface area contributed by atoms with Crippen LogP contribution >= 0.6 is 15.9 Å². The predicted octanol–water partition coefficient (Wildman–Crippen LogP) is 4.42. The van der Waals surface area contributed by atoms with E-state index in [1.165, 1.54) is 0 Å². The van der Waals surface area contributed by atoms with Crippen LogP contribution in [0.5, 0.6) is 0 Å². The van der Waals surface area contributed by atoms with Crippen LogP contribution in [0.25, 0.3) is 0 Å². The molecule has 1 N–H and O–H groups in total. The molecule has 0 aliphatic carbocycles. The van der Waals surface area contributed by atoms with Crippen molar-refractivity contribution in [2.24, 2.45) is 5.92 Å². The third-order valence-electron chi connectivity index (χ3n) is 2.87. The van der Waals surface area contributed by atoms with Gasteiger partial charge < -0.3 is 5.32 Å². The maximum atomic E-state index is 12.1. The highest BCUT2D eigenvalue weighted by Crippen LogP contribution is 2.17. The van der Waals surface area contributed by atoms with E-state index in [0.29, 0.717) is 17.9 Å². The van der Waals surface area contributed by atoms with Crippen molar-refractivity contribution < 1.29 is 9.59 Å². The second kappa shape index (κ2) is 8.20. The molecule has 0 bridgehead atoms. The van der Waals surface area contributed by atoms with E-state index in [-0.39, 0.29) is 16.5 Å². The van der Waals surface area contributed by atoms with Crippen LogP contribution in [0.15, 0.2) is 24.3 Å². The normalized spacial score (nSPS) is 12.2. The Kier molecular flexibility index (Phi) is 6.93. The highest BCUT2D eigenvalue weighted by Gasteiger charge is 2.15. The number of halogens is 1. The minimum Gasteiger partial charge on any atom is -0.326 e. The van der Waals surface area contributed by atoms with E-state index >= 15 is 0 Å². The van der Waals surface area contributed by atoms with Crippen LogP contribution in [-0.2, 0) is 4.79 Å². The molecule has 0 aliphatic rings. The quantitative estimate of drug-likeness (QED) is 0.590. The van der Waals surface area contributed by atoms with Crippen molar-refractivity contribution in [3.63, 3.8) is 0 Å². The number of carbonyl (C=O) groups excluding carboxylic acids is 2. The summed E-state index contributed by atoms with van der Waals surface area (Å²) in [5, 5.41) is 2.83. The van der Waals surface area contributed by atoms with Crippen molar-refractivity contribution in [3.05, 3.63) is 29.8 Å². The van der Waals surface area contributed by atoms with Gasteiger partial charge in [0.2, 0.25) is 5.91 Å². The number of nitrogens with one attached hydrogen (secondary N) is 1. The number of amides is 1. The van der Waals surface area contributed by atoms with Gasteiger partial charge in [-0.05, 0) is 36.6 Å². The van der Waals surface area contributed by atoms with Gasteiger partial charge in [0.05, 0.1) is 4.83 Å². The first kappa shape index (κ1) is 16.9. The zero-order chi connectivity index (χ0) is 15.1. The van der Waals surface area contributed by atoms with E-state index in [1.54, 1.807) is 24.3 Å². The number of alkyl halides is 1. The minimum absolute atomic E-state index is 0.00317. The molecule has 0 heterocycles. The first-order valence-electron chi connectivity index (χ1n) is 7.02. The summed E-state index contributed by atoms with van der Waals surface area (Å²) < 4.78 is 0. The summed E-state index contributed by atoms with van der Waals surface area (Å²) in [5.41, 5.74) is 1.40. The molecule has 3 nitrogen and oxygen atoms in total. The van der Waals surface area contributed by atoms with Crippen LogP contribution in [0.1, 0.15) is 50.4 Å². The number of carbonyl (C=O) groups is 2. The van der Waals surface area contributed by atoms with Crippen LogP contribution in [0.2, 0.25) is 0 Å². The van der Waals surface area contributed by atoms with Gasteiger partial charge in [0.15, 0.2) is 5.78 Å². The van der Waals surface area contributed by atoms with E-state index < -0.39 is 0 Å². The van der Waals surface area contributed by atoms with E-state index in [0.717, 1.165) is 18.5 Å². The van der Waals surface area contributed by atoms with E-state index in [4.69, 9.17) is 0 Å². The smallest absolute Gasteiger partial charge is 0.224 e. The van der Waals surface area contributed by atoms with Crippen LogP contribution in [0.4, 0.5) is 5.69 Å². The van der Waals surface area contributed by atoms with E-state index in [9.17, 15) is 9.59 Å². The van der Waals surface area contributed by atoms with Crippen molar-refractivity contribution in [2.45, 2.75) is 44.9 Å². The Labute approximate surface area is 129 Å². The lowest BCUT2D eigenvalue weighted by Gasteiger charge is -2.09. The third kappa shape index (κ3) is 5.45. The second-order valence-corrected chi connectivity index (χ2v) is 6.45. The molecule has 1 amide bonds. The summed E-state index contributed by atoms with van der Waals surface area (Å²) in [5.74, 6) is 0.425. The molecule has 0 fully saturated rings. The van der Waals surface area contributed by atoms with Gasteiger partial charge in [-0.2, -0.15) is 0 Å². The van der Waals surface area contributed by atoms with Gasteiger partial charge in [-0.25, -0.2) is 0 Å². The highest BCUT2D eigenvalue weighted by molar-refractivity contribution is 9.10. The lowest BCUT2D eigenvalue weighted by Crippen LogP contribution is -2.15. The highest BCUT2D eigenvalue weighted by atomic mass is 79.9. The number of hydrogen-bond acceptors (Lipinski definition) is 2. The topological polar surface area (TPSA) is 46.2 Å². The number of Topliss-reactive ketones (excluding diaryl/α,β-unsaturated/α-hetero) is 1.